The lowest BCUT2D eigenvalue weighted by Crippen LogP contribution is -2.45. The summed E-state index contributed by atoms with van der Waals surface area (Å²) in [5.74, 6) is -0.428. The minimum atomic E-state index is -0.536. The number of nitrogens with two attached hydrogens (primary N) is 2. The molecule has 4 N–H and O–H groups in total. The summed E-state index contributed by atoms with van der Waals surface area (Å²) in [6, 6.07) is -0.536. The first-order valence-corrected chi connectivity index (χ1v) is 4.81. The number of nitrogens with zero attached hydrogens (tertiary/aromatic N) is 1. The van der Waals surface area contributed by atoms with Crippen LogP contribution in [0, 0.1) is 0 Å². The van der Waals surface area contributed by atoms with E-state index in [1.54, 1.807) is 0 Å². The maximum atomic E-state index is 10.6. The molecular formula is C9H21N3O. The van der Waals surface area contributed by atoms with Crippen molar-refractivity contribution < 1.29 is 4.79 Å². The van der Waals surface area contributed by atoms with E-state index in [1.165, 1.54) is 12.8 Å². The van der Waals surface area contributed by atoms with Gasteiger partial charge in [-0.2, -0.15) is 0 Å². The summed E-state index contributed by atoms with van der Waals surface area (Å²) in [5.41, 5.74) is 10.6. The fourth-order valence-electron chi connectivity index (χ4n) is 1.15. The number of unbranched alkanes of at least 4 members (excludes halogenated alkanes) is 2. The van der Waals surface area contributed by atoms with Crippen molar-refractivity contribution in [2.45, 2.75) is 32.2 Å². The second-order valence-electron chi connectivity index (χ2n) is 3.48. The van der Waals surface area contributed by atoms with Gasteiger partial charge in [0.1, 0.15) is 0 Å². The van der Waals surface area contributed by atoms with Crippen LogP contribution in [0.4, 0.5) is 0 Å². The number of carbonyl (C=O) groups is 1. The van der Waals surface area contributed by atoms with Crippen molar-refractivity contribution in [1.29, 1.82) is 0 Å². The van der Waals surface area contributed by atoms with Crippen molar-refractivity contribution >= 4 is 5.91 Å². The first kappa shape index (κ1) is 12.4. The van der Waals surface area contributed by atoms with Crippen molar-refractivity contribution in [2.75, 3.05) is 20.1 Å². The molecule has 1 amide bonds. The highest BCUT2D eigenvalue weighted by Crippen LogP contribution is 1.96. The van der Waals surface area contributed by atoms with Crippen molar-refractivity contribution in [3.05, 3.63) is 0 Å². The quantitative estimate of drug-likeness (QED) is 0.548. The zero-order valence-corrected chi connectivity index (χ0v) is 8.62. The Morgan fingerprint density at radius 2 is 2.08 bits per heavy atom. The number of primary amides is 1. The van der Waals surface area contributed by atoms with E-state index in [0.717, 1.165) is 13.0 Å². The number of hydrogen-bond acceptors (Lipinski definition) is 3. The highest BCUT2D eigenvalue weighted by molar-refractivity contribution is 5.79. The first-order chi connectivity index (χ1) is 6.07. The molecule has 0 aliphatic heterocycles. The molecule has 13 heavy (non-hydrogen) atoms. The number of carbonyl (C=O) groups excluding carboxylic acids is 1. The lowest BCUT2D eigenvalue weighted by molar-refractivity contribution is -0.119. The predicted octanol–water partition coefficient (Wildman–Crippen LogP) is -0.0790. The summed E-state index contributed by atoms with van der Waals surface area (Å²) >= 11 is 0. The Labute approximate surface area is 80.3 Å². The van der Waals surface area contributed by atoms with Crippen LogP contribution in [-0.4, -0.2) is 37.0 Å². The van der Waals surface area contributed by atoms with Crippen molar-refractivity contribution in [1.82, 2.24) is 4.90 Å². The van der Waals surface area contributed by atoms with Gasteiger partial charge in [0.05, 0.1) is 6.04 Å². The van der Waals surface area contributed by atoms with Crippen molar-refractivity contribution in [3.8, 4) is 0 Å². The number of rotatable bonds is 7. The van der Waals surface area contributed by atoms with Crippen LogP contribution in [0.2, 0.25) is 0 Å². The summed E-state index contributed by atoms with van der Waals surface area (Å²) < 4.78 is 0. The van der Waals surface area contributed by atoms with Gasteiger partial charge in [-0.25, -0.2) is 0 Å². The molecule has 1 unspecified atom stereocenters. The van der Waals surface area contributed by atoms with Crippen LogP contribution >= 0.6 is 0 Å². The highest BCUT2D eigenvalue weighted by atomic mass is 16.1. The third kappa shape index (κ3) is 6.54. The maximum Gasteiger partial charge on any atom is 0.235 e. The third-order valence-electron chi connectivity index (χ3n) is 2.02. The molecule has 0 radical (unpaired) electrons. The van der Waals surface area contributed by atoms with Crippen LogP contribution in [0.3, 0.4) is 0 Å². The van der Waals surface area contributed by atoms with E-state index < -0.39 is 11.9 Å². The standard InChI is InChI=1S/C9H21N3O/c1-3-4-5-6-12(2)7-8(10)9(11)13/h8H,3-7,10H2,1-2H3,(H2,11,13). The molecule has 0 bridgehead atoms. The highest BCUT2D eigenvalue weighted by Gasteiger charge is 2.11. The van der Waals surface area contributed by atoms with E-state index in [0.29, 0.717) is 6.54 Å². The van der Waals surface area contributed by atoms with Gasteiger partial charge in [-0.3, -0.25) is 4.79 Å². The molecule has 78 valence electrons. The van der Waals surface area contributed by atoms with Gasteiger partial charge in [0.2, 0.25) is 5.91 Å². The number of hydrogen-bond donors (Lipinski definition) is 2. The fourth-order valence-corrected chi connectivity index (χ4v) is 1.15. The minimum absolute atomic E-state index is 0.428. The summed E-state index contributed by atoms with van der Waals surface area (Å²) in [6.45, 7) is 3.70. The van der Waals surface area contributed by atoms with Gasteiger partial charge in [-0.1, -0.05) is 19.8 Å². The maximum absolute atomic E-state index is 10.6. The summed E-state index contributed by atoms with van der Waals surface area (Å²) in [6.07, 6.45) is 3.57. The molecule has 0 saturated heterocycles. The lowest BCUT2D eigenvalue weighted by Gasteiger charge is -2.18. The van der Waals surface area contributed by atoms with E-state index in [1.807, 2.05) is 11.9 Å². The van der Waals surface area contributed by atoms with Gasteiger partial charge in [-0.15, -0.1) is 0 Å². The van der Waals surface area contributed by atoms with Crippen LogP contribution in [0.15, 0.2) is 0 Å². The third-order valence-corrected chi connectivity index (χ3v) is 2.02. The van der Waals surface area contributed by atoms with Crippen LogP contribution in [-0.2, 0) is 4.79 Å². The number of likely N-dealkylation sites (N-methyl/N-ethyl adjacent to an activating group) is 1. The molecule has 1 atom stereocenters. The Hall–Kier alpha value is -0.610. The van der Waals surface area contributed by atoms with E-state index in [2.05, 4.69) is 6.92 Å². The molecule has 0 spiro atoms. The van der Waals surface area contributed by atoms with Gasteiger partial charge < -0.3 is 16.4 Å². The van der Waals surface area contributed by atoms with E-state index in [9.17, 15) is 4.79 Å². The lowest BCUT2D eigenvalue weighted by atomic mass is 10.2. The van der Waals surface area contributed by atoms with Gasteiger partial charge >= 0.3 is 0 Å². The Morgan fingerprint density at radius 1 is 1.46 bits per heavy atom. The molecule has 0 aliphatic carbocycles. The molecule has 0 aliphatic rings. The van der Waals surface area contributed by atoms with E-state index in [4.69, 9.17) is 11.5 Å². The Bertz CT molecular complexity index is 150. The zero-order chi connectivity index (χ0) is 10.3. The largest absolute Gasteiger partial charge is 0.368 e. The summed E-state index contributed by atoms with van der Waals surface area (Å²) in [4.78, 5) is 12.7. The first-order valence-electron chi connectivity index (χ1n) is 4.81. The van der Waals surface area contributed by atoms with Crippen LogP contribution in [0.1, 0.15) is 26.2 Å². The molecule has 0 aromatic rings. The molecule has 0 fully saturated rings. The molecule has 0 aromatic heterocycles. The second kappa shape index (κ2) is 6.86. The second-order valence-corrected chi connectivity index (χ2v) is 3.48. The molecule has 0 saturated carbocycles. The van der Waals surface area contributed by atoms with Crippen LogP contribution < -0.4 is 11.5 Å². The van der Waals surface area contributed by atoms with Crippen molar-refractivity contribution in [2.24, 2.45) is 11.5 Å². The monoisotopic (exact) mass is 187 g/mol. The van der Waals surface area contributed by atoms with E-state index in [-0.39, 0.29) is 0 Å². The molecule has 0 heterocycles. The van der Waals surface area contributed by atoms with Gasteiger partial charge in [0.15, 0.2) is 0 Å². The Balaban J connectivity index is 3.49. The van der Waals surface area contributed by atoms with Gasteiger partial charge in [0, 0.05) is 6.54 Å². The zero-order valence-electron chi connectivity index (χ0n) is 8.62. The summed E-state index contributed by atoms with van der Waals surface area (Å²) in [5, 5.41) is 0. The SMILES string of the molecule is CCCCCN(C)CC(N)C(N)=O. The van der Waals surface area contributed by atoms with Crippen molar-refractivity contribution in [3.63, 3.8) is 0 Å². The molecule has 4 nitrogen and oxygen atoms in total. The number of amides is 1. The molecule has 4 heteroatoms. The summed E-state index contributed by atoms with van der Waals surface area (Å²) in [7, 11) is 1.96. The topological polar surface area (TPSA) is 72.3 Å². The fraction of sp³-hybridized carbons (Fsp3) is 0.889. The Kier molecular flexibility index (Phi) is 6.54. The minimum Gasteiger partial charge on any atom is -0.368 e. The van der Waals surface area contributed by atoms with Crippen LogP contribution in [0.5, 0.6) is 0 Å². The average Bonchev–Trinajstić information content (AvgIpc) is 2.04. The predicted molar refractivity (Wildman–Crippen MR) is 54.2 cm³/mol. The van der Waals surface area contributed by atoms with Gasteiger partial charge in [0.25, 0.3) is 0 Å². The van der Waals surface area contributed by atoms with Crippen LogP contribution in [0.25, 0.3) is 0 Å². The average molecular weight is 187 g/mol. The smallest absolute Gasteiger partial charge is 0.235 e. The normalized spacial score (nSPS) is 13.2. The molecule has 0 aromatic carbocycles. The van der Waals surface area contributed by atoms with Gasteiger partial charge in [-0.05, 0) is 20.0 Å². The molecule has 0 rings (SSSR count). The molecular weight excluding hydrogens is 166 g/mol. The van der Waals surface area contributed by atoms with E-state index >= 15 is 0 Å². The Morgan fingerprint density at radius 3 is 2.54 bits per heavy atom.